The van der Waals surface area contributed by atoms with E-state index < -0.39 is 0 Å². The highest BCUT2D eigenvalue weighted by Gasteiger charge is 2.33. The van der Waals surface area contributed by atoms with Gasteiger partial charge in [0.2, 0.25) is 0 Å². The van der Waals surface area contributed by atoms with Gasteiger partial charge in [-0.05, 0) is 69.2 Å². The SMILES string of the molecule is C\C1=C/C=C(Br)\C=C\NC2N=C(c3ccc(Cl)cc3)N(CCN(C)C)OC12. The summed E-state index contributed by atoms with van der Waals surface area (Å²) >= 11 is 9.59. The molecule has 2 atom stereocenters. The van der Waals surface area contributed by atoms with Gasteiger partial charge >= 0.3 is 0 Å². The van der Waals surface area contributed by atoms with E-state index in [0.717, 1.165) is 28.0 Å². The van der Waals surface area contributed by atoms with Crippen molar-refractivity contribution in [3.63, 3.8) is 0 Å². The molecule has 144 valence electrons. The molecule has 2 unspecified atom stereocenters. The van der Waals surface area contributed by atoms with Crippen molar-refractivity contribution in [2.45, 2.75) is 19.2 Å². The fourth-order valence-electron chi connectivity index (χ4n) is 2.82. The number of nitrogens with one attached hydrogen (secondary N) is 1. The summed E-state index contributed by atoms with van der Waals surface area (Å²) in [7, 11) is 4.09. The molecular weight excluding hydrogens is 428 g/mol. The van der Waals surface area contributed by atoms with Gasteiger partial charge in [-0.2, -0.15) is 0 Å². The second kappa shape index (κ2) is 9.06. The lowest BCUT2D eigenvalue weighted by molar-refractivity contribution is -0.152. The second-order valence-corrected chi connectivity index (χ2v) is 8.15. The number of aliphatic imine (C=N–C) groups is 1. The van der Waals surface area contributed by atoms with Crippen molar-refractivity contribution in [2.75, 3.05) is 27.2 Å². The maximum absolute atomic E-state index is 6.41. The van der Waals surface area contributed by atoms with Crippen LogP contribution in [0.15, 0.2) is 63.7 Å². The Labute approximate surface area is 174 Å². The maximum atomic E-state index is 6.41. The molecule has 0 spiro atoms. The summed E-state index contributed by atoms with van der Waals surface area (Å²) in [5.41, 5.74) is 2.07. The fourth-order valence-corrected chi connectivity index (χ4v) is 3.21. The molecule has 7 heteroatoms. The van der Waals surface area contributed by atoms with Gasteiger partial charge in [-0.3, -0.25) is 4.84 Å². The van der Waals surface area contributed by atoms with Crippen molar-refractivity contribution in [3.8, 4) is 0 Å². The molecule has 1 N–H and O–H groups in total. The summed E-state index contributed by atoms with van der Waals surface area (Å²) < 4.78 is 0.986. The van der Waals surface area contributed by atoms with Crippen LogP contribution in [0.3, 0.4) is 0 Å². The standard InChI is InChI=1S/C20H24BrClN4O/c1-14-4-7-16(21)10-11-23-19-18(14)27-26(13-12-25(2)3)20(24-19)15-5-8-17(22)9-6-15/h4-11,18-19,23H,12-13H2,1-3H3/b11-10+,14-4+,16-7+. The second-order valence-electron chi connectivity index (χ2n) is 6.80. The van der Waals surface area contributed by atoms with Crippen LogP contribution in [0.25, 0.3) is 0 Å². The molecule has 27 heavy (non-hydrogen) atoms. The van der Waals surface area contributed by atoms with Crippen LogP contribution in [-0.4, -0.2) is 55.3 Å². The van der Waals surface area contributed by atoms with E-state index in [-0.39, 0.29) is 12.3 Å². The number of hydroxylamine groups is 2. The van der Waals surface area contributed by atoms with Crippen molar-refractivity contribution in [1.29, 1.82) is 0 Å². The van der Waals surface area contributed by atoms with Crippen molar-refractivity contribution < 1.29 is 4.84 Å². The lowest BCUT2D eigenvalue weighted by Crippen LogP contribution is -2.51. The number of hydrogen-bond donors (Lipinski definition) is 1. The Morgan fingerprint density at radius 3 is 2.70 bits per heavy atom. The van der Waals surface area contributed by atoms with Crippen LogP contribution in [0.1, 0.15) is 12.5 Å². The Balaban J connectivity index is 1.98. The highest BCUT2D eigenvalue weighted by atomic mass is 79.9. The Kier molecular flexibility index (Phi) is 6.76. The van der Waals surface area contributed by atoms with E-state index in [9.17, 15) is 0 Å². The van der Waals surface area contributed by atoms with E-state index >= 15 is 0 Å². The van der Waals surface area contributed by atoms with Gasteiger partial charge in [0.05, 0.1) is 6.54 Å². The van der Waals surface area contributed by atoms with Crippen molar-refractivity contribution >= 4 is 33.4 Å². The number of rotatable bonds is 4. The van der Waals surface area contributed by atoms with E-state index in [0.29, 0.717) is 11.6 Å². The zero-order chi connectivity index (χ0) is 19.4. The summed E-state index contributed by atoms with van der Waals surface area (Å²) in [4.78, 5) is 13.5. The summed E-state index contributed by atoms with van der Waals surface area (Å²) in [6.45, 7) is 3.63. The summed E-state index contributed by atoms with van der Waals surface area (Å²) in [6.07, 6.45) is 7.52. The van der Waals surface area contributed by atoms with Gasteiger partial charge in [0, 0.05) is 21.6 Å². The first-order valence-electron chi connectivity index (χ1n) is 8.83. The topological polar surface area (TPSA) is 40.1 Å². The Morgan fingerprint density at radius 2 is 2.00 bits per heavy atom. The smallest absolute Gasteiger partial charge is 0.157 e. The minimum Gasteiger partial charge on any atom is -0.367 e. The molecule has 0 radical (unpaired) electrons. The molecule has 1 aromatic carbocycles. The zero-order valence-corrected chi connectivity index (χ0v) is 18.0. The number of likely N-dealkylation sites (N-methyl/N-ethyl adjacent to an activating group) is 1. The Hall–Kier alpha value is -1.60. The van der Waals surface area contributed by atoms with Crippen LogP contribution in [-0.2, 0) is 4.84 Å². The van der Waals surface area contributed by atoms with Gasteiger partial charge in [0.15, 0.2) is 12.0 Å². The quantitative estimate of drug-likeness (QED) is 0.753. The monoisotopic (exact) mass is 450 g/mol. The van der Waals surface area contributed by atoms with E-state index in [1.54, 1.807) is 0 Å². The number of amidine groups is 1. The molecule has 0 saturated heterocycles. The van der Waals surface area contributed by atoms with Gasteiger partial charge in [-0.1, -0.05) is 33.6 Å². The minimum absolute atomic E-state index is 0.192. The van der Waals surface area contributed by atoms with Crippen LogP contribution in [0, 0.1) is 0 Å². The predicted molar refractivity (Wildman–Crippen MR) is 115 cm³/mol. The maximum Gasteiger partial charge on any atom is 0.157 e. The predicted octanol–water partition coefficient (Wildman–Crippen LogP) is 3.93. The van der Waals surface area contributed by atoms with Gasteiger partial charge in [0.1, 0.15) is 6.10 Å². The normalized spacial score (nSPS) is 27.8. The summed E-state index contributed by atoms with van der Waals surface area (Å²) in [5.74, 6) is 0.801. The highest BCUT2D eigenvalue weighted by Crippen LogP contribution is 2.24. The molecule has 5 nitrogen and oxygen atoms in total. The number of allylic oxidation sites excluding steroid dienone is 4. The minimum atomic E-state index is -0.217. The van der Waals surface area contributed by atoms with Crippen LogP contribution < -0.4 is 5.32 Å². The number of nitrogens with zero attached hydrogens (tertiary/aromatic N) is 3. The van der Waals surface area contributed by atoms with E-state index in [1.807, 2.05) is 61.8 Å². The molecule has 0 amide bonds. The number of halogens is 2. The molecule has 2 aliphatic heterocycles. The molecule has 0 saturated carbocycles. The van der Waals surface area contributed by atoms with Crippen molar-refractivity contribution in [2.24, 2.45) is 4.99 Å². The van der Waals surface area contributed by atoms with E-state index in [4.69, 9.17) is 21.4 Å². The lowest BCUT2D eigenvalue weighted by Gasteiger charge is -2.38. The summed E-state index contributed by atoms with van der Waals surface area (Å²) in [5, 5.41) is 5.95. The third kappa shape index (κ3) is 5.23. The van der Waals surface area contributed by atoms with E-state index in [2.05, 4.69) is 39.1 Å². The molecule has 2 heterocycles. The molecule has 0 aliphatic carbocycles. The average Bonchev–Trinajstić information content (AvgIpc) is 2.70. The number of fused-ring (bicyclic) bond motifs is 1. The van der Waals surface area contributed by atoms with Gasteiger partial charge in [-0.15, -0.1) is 0 Å². The first-order valence-corrected chi connectivity index (χ1v) is 10.0. The molecule has 0 fully saturated rings. The third-order valence-corrected chi connectivity index (χ3v) is 5.12. The molecule has 1 aromatic rings. The molecule has 0 bridgehead atoms. The first-order chi connectivity index (χ1) is 12.9. The van der Waals surface area contributed by atoms with Gasteiger partial charge in [-0.25, -0.2) is 10.1 Å². The first kappa shape index (κ1) is 20.1. The fraction of sp³-hybridized carbons (Fsp3) is 0.350. The summed E-state index contributed by atoms with van der Waals surface area (Å²) in [6, 6.07) is 7.69. The molecule has 0 aromatic heterocycles. The van der Waals surface area contributed by atoms with Crippen LogP contribution >= 0.6 is 27.5 Å². The Morgan fingerprint density at radius 1 is 1.26 bits per heavy atom. The van der Waals surface area contributed by atoms with Crippen LogP contribution in [0.5, 0.6) is 0 Å². The van der Waals surface area contributed by atoms with Crippen molar-refractivity contribution in [3.05, 3.63) is 69.3 Å². The number of benzene rings is 1. The Bertz CT molecular complexity index is 786. The van der Waals surface area contributed by atoms with E-state index in [1.165, 1.54) is 0 Å². The largest absolute Gasteiger partial charge is 0.367 e. The van der Waals surface area contributed by atoms with Gasteiger partial charge in [0.25, 0.3) is 0 Å². The highest BCUT2D eigenvalue weighted by molar-refractivity contribution is 9.11. The van der Waals surface area contributed by atoms with Gasteiger partial charge < -0.3 is 10.2 Å². The average molecular weight is 452 g/mol. The third-order valence-electron chi connectivity index (χ3n) is 4.34. The zero-order valence-electron chi connectivity index (χ0n) is 15.7. The van der Waals surface area contributed by atoms with Crippen LogP contribution in [0.2, 0.25) is 5.02 Å². The molecular formula is C20H24BrClN4O. The lowest BCUT2D eigenvalue weighted by atomic mass is 10.1. The van der Waals surface area contributed by atoms with Crippen molar-refractivity contribution in [1.82, 2.24) is 15.3 Å². The molecule has 2 aliphatic rings. The molecule has 3 rings (SSSR count). The number of hydrogen-bond acceptors (Lipinski definition) is 5. The van der Waals surface area contributed by atoms with Crippen LogP contribution in [0.4, 0.5) is 0 Å².